The monoisotopic (exact) mass is 374 g/mol. The van der Waals surface area contributed by atoms with Crippen LogP contribution < -0.4 is 0 Å². The van der Waals surface area contributed by atoms with E-state index in [1.807, 2.05) is 0 Å². The molecule has 2 heteroatoms. The van der Waals surface area contributed by atoms with Crippen molar-refractivity contribution in [3.63, 3.8) is 0 Å². The molecule has 0 bridgehead atoms. The summed E-state index contributed by atoms with van der Waals surface area (Å²) in [6.07, 6.45) is 21.2. The first-order chi connectivity index (χ1) is 12.9. The number of aliphatic hydroxyl groups is 2. The minimum Gasteiger partial charge on any atom is -0.393 e. The maximum Gasteiger partial charge on any atom is 0.0602 e. The fraction of sp³-hybridized carbons (Fsp3) is 0.840. The Morgan fingerprint density at radius 1 is 1.04 bits per heavy atom. The van der Waals surface area contributed by atoms with Crippen LogP contribution in [-0.2, 0) is 0 Å². The Morgan fingerprint density at radius 2 is 1.78 bits per heavy atom. The largest absolute Gasteiger partial charge is 0.393 e. The lowest BCUT2D eigenvalue weighted by molar-refractivity contribution is 0.0609. The van der Waals surface area contributed by atoms with Gasteiger partial charge in [-0.2, -0.15) is 0 Å². The molecular formula is C25H42O2. The SMILES string of the molecule is CC(C)CCCC[C@@H]1CC[C@]2(CCCC(=CC=C3C[C@@H](O)C[C@H](O)C3)C2)C1. The molecule has 3 aliphatic rings. The highest BCUT2D eigenvalue weighted by Crippen LogP contribution is 2.53. The van der Waals surface area contributed by atoms with Crippen LogP contribution in [0.25, 0.3) is 0 Å². The lowest BCUT2D eigenvalue weighted by Gasteiger charge is -2.35. The van der Waals surface area contributed by atoms with Crippen molar-refractivity contribution in [2.45, 2.75) is 116 Å². The Balaban J connectivity index is 1.50. The summed E-state index contributed by atoms with van der Waals surface area (Å²) in [5.74, 6) is 1.82. The number of aliphatic hydroxyl groups excluding tert-OH is 2. The summed E-state index contributed by atoms with van der Waals surface area (Å²) >= 11 is 0. The zero-order valence-electron chi connectivity index (χ0n) is 17.8. The van der Waals surface area contributed by atoms with Gasteiger partial charge in [-0.25, -0.2) is 0 Å². The number of allylic oxidation sites excluding steroid dienone is 3. The van der Waals surface area contributed by atoms with Gasteiger partial charge in [0.2, 0.25) is 0 Å². The van der Waals surface area contributed by atoms with E-state index in [0.717, 1.165) is 24.7 Å². The van der Waals surface area contributed by atoms with Gasteiger partial charge < -0.3 is 10.2 Å². The first kappa shape index (κ1) is 21.1. The standard InChI is InChI=1S/C25H42O2/c1-19(2)6-3-4-7-21-11-13-25(18-21)12-5-8-20(17-25)9-10-22-14-23(26)16-24(27)15-22/h9-10,19,21,23-24,26-27H,3-8,11-18H2,1-2H3/t21-,23-,24-,25+/m1/s1. The molecule has 0 aromatic carbocycles. The second kappa shape index (κ2) is 9.74. The van der Waals surface area contributed by atoms with Crippen LogP contribution in [0, 0.1) is 17.3 Å². The summed E-state index contributed by atoms with van der Waals surface area (Å²) in [4.78, 5) is 0. The normalized spacial score (nSPS) is 36.1. The molecule has 1 spiro atoms. The van der Waals surface area contributed by atoms with Crippen molar-refractivity contribution >= 4 is 0 Å². The molecular weight excluding hydrogens is 332 g/mol. The predicted octanol–water partition coefficient (Wildman–Crippen LogP) is 6.32. The third-order valence-corrected chi connectivity index (χ3v) is 7.35. The van der Waals surface area contributed by atoms with Crippen molar-refractivity contribution in [2.75, 3.05) is 0 Å². The molecule has 0 radical (unpaired) electrons. The topological polar surface area (TPSA) is 40.5 Å². The smallest absolute Gasteiger partial charge is 0.0602 e. The highest BCUT2D eigenvalue weighted by atomic mass is 16.3. The number of rotatable bonds is 6. The van der Waals surface area contributed by atoms with Gasteiger partial charge in [-0.15, -0.1) is 0 Å². The minimum absolute atomic E-state index is 0.359. The van der Waals surface area contributed by atoms with Crippen LogP contribution in [-0.4, -0.2) is 22.4 Å². The van der Waals surface area contributed by atoms with E-state index in [9.17, 15) is 10.2 Å². The summed E-state index contributed by atoms with van der Waals surface area (Å²) < 4.78 is 0. The van der Waals surface area contributed by atoms with Crippen molar-refractivity contribution in [1.82, 2.24) is 0 Å². The fourth-order valence-corrected chi connectivity index (χ4v) is 5.98. The molecule has 4 atom stereocenters. The lowest BCUT2D eigenvalue weighted by atomic mass is 9.70. The predicted molar refractivity (Wildman–Crippen MR) is 114 cm³/mol. The van der Waals surface area contributed by atoms with Crippen LogP contribution in [0.2, 0.25) is 0 Å². The van der Waals surface area contributed by atoms with E-state index in [2.05, 4.69) is 26.0 Å². The molecule has 2 nitrogen and oxygen atoms in total. The van der Waals surface area contributed by atoms with Crippen LogP contribution in [0.3, 0.4) is 0 Å². The molecule has 0 unspecified atom stereocenters. The van der Waals surface area contributed by atoms with E-state index in [-0.39, 0.29) is 12.2 Å². The van der Waals surface area contributed by atoms with E-state index < -0.39 is 0 Å². The molecule has 27 heavy (non-hydrogen) atoms. The minimum atomic E-state index is -0.359. The number of hydrogen-bond acceptors (Lipinski definition) is 2. The second-order valence-electron chi connectivity index (χ2n) is 10.4. The van der Waals surface area contributed by atoms with Gasteiger partial charge in [-0.1, -0.05) is 62.8 Å². The third kappa shape index (κ3) is 6.46. The molecule has 3 rings (SSSR count). The summed E-state index contributed by atoms with van der Waals surface area (Å²) in [6.45, 7) is 4.68. The van der Waals surface area contributed by atoms with Gasteiger partial charge in [-0.3, -0.25) is 0 Å². The van der Waals surface area contributed by atoms with Gasteiger partial charge in [0, 0.05) is 0 Å². The Labute approximate surface area is 167 Å². The molecule has 3 aliphatic carbocycles. The van der Waals surface area contributed by atoms with Crippen molar-refractivity contribution in [1.29, 1.82) is 0 Å². The van der Waals surface area contributed by atoms with Gasteiger partial charge in [0.25, 0.3) is 0 Å². The highest BCUT2D eigenvalue weighted by molar-refractivity contribution is 5.22. The Bertz CT molecular complexity index is 520. The molecule has 0 aromatic heterocycles. The zero-order chi connectivity index (χ0) is 19.3. The highest BCUT2D eigenvalue weighted by Gasteiger charge is 2.40. The van der Waals surface area contributed by atoms with E-state index in [0.29, 0.717) is 11.8 Å². The Hall–Kier alpha value is -0.600. The third-order valence-electron chi connectivity index (χ3n) is 7.35. The maximum atomic E-state index is 9.88. The summed E-state index contributed by atoms with van der Waals surface area (Å²) in [5, 5.41) is 19.8. The van der Waals surface area contributed by atoms with E-state index in [4.69, 9.17) is 0 Å². The molecule has 0 saturated heterocycles. The van der Waals surface area contributed by atoms with Gasteiger partial charge in [0.05, 0.1) is 12.2 Å². The van der Waals surface area contributed by atoms with Crippen molar-refractivity contribution in [3.8, 4) is 0 Å². The van der Waals surface area contributed by atoms with Crippen molar-refractivity contribution in [2.24, 2.45) is 17.3 Å². The number of unbranched alkanes of at least 4 members (excludes halogenated alkanes) is 1. The molecule has 0 heterocycles. The number of hydrogen-bond donors (Lipinski definition) is 2. The second-order valence-corrected chi connectivity index (χ2v) is 10.4. The van der Waals surface area contributed by atoms with Crippen LogP contribution in [0.15, 0.2) is 23.3 Å². The lowest BCUT2D eigenvalue weighted by Crippen LogP contribution is -2.24. The Morgan fingerprint density at radius 3 is 2.52 bits per heavy atom. The molecule has 0 aliphatic heterocycles. The van der Waals surface area contributed by atoms with Gasteiger partial charge in [-0.05, 0) is 81.5 Å². The van der Waals surface area contributed by atoms with Crippen LogP contribution >= 0.6 is 0 Å². The summed E-state index contributed by atoms with van der Waals surface area (Å²) in [5.41, 5.74) is 3.43. The van der Waals surface area contributed by atoms with Crippen molar-refractivity contribution in [3.05, 3.63) is 23.3 Å². The molecule has 3 fully saturated rings. The van der Waals surface area contributed by atoms with E-state index in [1.165, 1.54) is 76.2 Å². The van der Waals surface area contributed by atoms with Crippen LogP contribution in [0.4, 0.5) is 0 Å². The van der Waals surface area contributed by atoms with E-state index in [1.54, 1.807) is 5.57 Å². The average Bonchev–Trinajstić information content (AvgIpc) is 2.98. The molecule has 0 amide bonds. The Kier molecular flexibility index (Phi) is 7.62. The molecule has 3 saturated carbocycles. The van der Waals surface area contributed by atoms with Crippen LogP contribution in [0.1, 0.15) is 104 Å². The molecule has 154 valence electrons. The summed E-state index contributed by atoms with van der Waals surface area (Å²) in [6, 6.07) is 0. The van der Waals surface area contributed by atoms with E-state index >= 15 is 0 Å². The van der Waals surface area contributed by atoms with Gasteiger partial charge in [0.15, 0.2) is 0 Å². The average molecular weight is 375 g/mol. The van der Waals surface area contributed by atoms with Crippen molar-refractivity contribution < 1.29 is 10.2 Å². The first-order valence-corrected chi connectivity index (χ1v) is 11.7. The maximum absolute atomic E-state index is 9.88. The molecule has 0 aromatic rings. The van der Waals surface area contributed by atoms with Gasteiger partial charge in [0.1, 0.15) is 0 Å². The quantitative estimate of drug-likeness (QED) is 0.534. The first-order valence-electron chi connectivity index (χ1n) is 11.7. The summed E-state index contributed by atoms with van der Waals surface area (Å²) in [7, 11) is 0. The van der Waals surface area contributed by atoms with Crippen LogP contribution in [0.5, 0.6) is 0 Å². The molecule has 2 N–H and O–H groups in total. The fourth-order valence-electron chi connectivity index (χ4n) is 5.98. The zero-order valence-corrected chi connectivity index (χ0v) is 17.8. The van der Waals surface area contributed by atoms with Gasteiger partial charge >= 0.3 is 0 Å².